The van der Waals surface area contributed by atoms with Gasteiger partial charge in [-0.15, -0.1) is 6.42 Å². The summed E-state index contributed by atoms with van der Waals surface area (Å²) in [6, 6.07) is 0. The van der Waals surface area contributed by atoms with Crippen LogP contribution in [-0.4, -0.2) is 12.8 Å². The maximum Gasteiger partial charge on any atom is 0.0868 e. The van der Waals surface area contributed by atoms with Gasteiger partial charge >= 0.3 is 0 Å². The van der Waals surface area contributed by atoms with Crippen molar-refractivity contribution in [1.82, 2.24) is 0 Å². The van der Waals surface area contributed by atoms with Crippen LogP contribution in [0.3, 0.4) is 0 Å². The van der Waals surface area contributed by atoms with Crippen LogP contribution in [0.1, 0.15) is 32.1 Å². The maximum absolute atomic E-state index is 5.33. The molecule has 0 aromatic heterocycles. The molecule has 0 aromatic carbocycles. The van der Waals surface area contributed by atoms with Gasteiger partial charge in [0.1, 0.15) is 0 Å². The fourth-order valence-electron chi connectivity index (χ4n) is 1.74. The fourth-order valence-corrected chi connectivity index (χ4v) is 1.74. The van der Waals surface area contributed by atoms with Gasteiger partial charge in [0.2, 0.25) is 0 Å². The molecule has 0 amide bonds. The first-order valence-corrected chi connectivity index (χ1v) is 4.31. The van der Waals surface area contributed by atoms with E-state index >= 15 is 0 Å². The first-order valence-electron chi connectivity index (χ1n) is 4.31. The van der Waals surface area contributed by atoms with Gasteiger partial charge in [0, 0.05) is 13.0 Å². The topological polar surface area (TPSA) is 12.4 Å². The van der Waals surface area contributed by atoms with Crippen LogP contribution in [0.5, 0.6) is 0 Å². The Morgan fingerprint density at radius 1 is 1.36 bits per heavy atom. The van der Waals surface area contributed by atoms with E-state index in [4.69, 9.17) is 6.42 Å². The van der Waals surface area contributed by atoms with Crippen molar-refractivity contribution in [2.45, 2.75) is 32.1 Å². The van der Waals surface area contributed by atoms with Crippen molar-refractivity contribution in [3.63, 3.8) is 0 Å². The molecular formula is C10H15N. The molecule has 0 heterocycles. The molecule has 1 fully saturated rings. The molecule has 11 heavy (non-hydrogen) atoms. The average Bonchev–Trinajstić information content (AvgIpc) is 2.09. The molecule has 0 N–H and O–H groups in total. The molecule has 0 spiro atoms. The Bertz CT molecular complexity index is 180. The normalized spacial score (nSPS) is 21.3. The van der Waals surface area contributed by atoms with Crippen LogP contribution in [0.2, 0.25) is 0 Å². The standard InChI is InChI=1S/C10H15N/c1-3-10(11-2)9-7-5-4-6-8-9/h1,9H,4-8H2,2H3. The molecular weight excluding hydrogens is 134 g/mol. The summed E-state index contributed by atoms with van der Waals surface area (Å²) in [5.41, 5.74) is 0.977. The van der Waals surface area contributed by atoms with Gasteiger partial charge in [-0.25, -0.2) is 0 Å². The summed E-state index contributed by atoms with van der Waals surface area (Å²) in [7, 11) is 1.80. The minimum atomic E-state index is 0.596. The lowest BCUT2D eigenvalue weighted by Gasteiger charge is -2.19. The van der Waals surface area contributed by atoms with Gasteiger partial charge in [-0.3, -0.25) is 4.99 Å². The van der Waals surface area contributed by atoms with E-state index in [2.05, 4.69) is 10.9 Å². The van der Waals surface area contributed by atoms with Crippen molar-refractivity contribution in [2.24, 2.45) is 10.9 Å². The largest absolute Gasteiger partial charge is 0.284 e. The van der Waals surface area contributed by atoms with Crippen molar-refractivity contribution in [1.29, 1.82) is 0 Å². The summed E-state index contributed by atoms with van der Waals surface area (Å²) in [6.07, 6.45) is 11.8. The molecule has 1 saturated carbocycles. The summed E-state index contributed by atoms with van der Waals surface area (Å²) in [5, 5.41) is 0. The molecule has 0 atom stereocenters. The van der Waals surface area contributed by atoms with E-state index in [-0.39, 0.29) is 0 Å². The first kappa shape index (κ1) is 8.33. The van der Waals surface area contributed by atoms with Crippen LogP contribution < -0.4 is 0 Å². The van der Waals surface area contributed by atoms with E-state index in [1.54, 1.807) is 7.05 Å². The van der Waals surface area contributed by atoms with Crippen LogP contribution in [0.15, 0.2) is 4.99 Å². The highest BCUT2D eigenvalue weighted by Crippen LogP contribution is 2.24. The molecule has 0 radical (unpaired) electrons. The van der Waals surface area contributed by atoms with Gasteiger partial charge in [-0.1, -0.05) is 25.2 Å². The molecule has 1 nitrogen and oxygen atoms in total. The average molecular weight is 149 g/mol. The summed E-state index contributed by atoms with van der Waals surface area (Å²) < 4.78 is 0. The Morgan fingerprint density at radius 2 is 2.00 bits per heavy atom. The minimum absolute atomic E-state index is 0.596. The molecule has 0 bridgehead atoms. The number of rotatable bonds is 1. The van der Waals surface area contributed by atoms with E-state index in [1.165, 1.54) is 32.1 Å². The van der Waals surface area contributed by atoms with Crippen molar-refractivity contribution in [3.8, 4) is 12.3 Å². The number of hydrogen-bond donors (Lipinski definition) is 0. The van der Waals surface area contributed by atoms with E-state index in [9.17, 15) is 0 Å². The molecule has 0 aliphatic heterocycles. The molecule has 1 heteroatoms. The second-order valence-corrected chi connectivity index (χ2v) is 3.09. The number of hydrogen-bond acceptors (Lipinski definition) is 1. The van der Waals surface area contributed by atoms with Gasteiger partial charge in [-0.05, 0) is 12.8 Å². The second kappa shape index (κ2) is 4.18. The van der Waals surface area contributed by atoms with Crippen molar-refractivity contribution in [3.05, 3.63) is 0 Å². The molecule has 0 unspecified atom stereocenters. The first-order chi connectivity index (χ1) is 5.38. The highest BCUT2D eigenvalue weighted by molar-refractivity contribution is 6.01. The van der Waals surface area contributed by atoms with Crippen LogP contribution in [0.4, 0.5) is 0 Å². The van der Waals surface area contributed by atoms with Crippen LogP contribution >= 0.6 is 0 Å². The zero-order valence-corrected chi connectivity index (χ0v) is 7.14. The molecule has 1 aliphatic carbocycles. The smallest absolute Gasteiger partial charge is 0.0868 e. The third-order valence-electron chi connectivity index (χ3n) is 2.38. The molecule has 0 saturated heterocycles. The number of aliphatic imine (C=N–C) groups is 1. The predicted molar refractivity (Wildman–Crippen MR) is 48.8 cm³/mol. The molecule has 60 valence electrons. The van der Waals surface area contributed by atoms with E-state index in [0.717, 1.165) is 5.71 Å². The molecule has 0 aromatic rings. The van der Waals surface area contributed by atoms with Crippen molar-refractivity contribution in [2.75, 3.05) is 7.05 Å². The van der Waals surface area contributed by atoms with Gasteiger partial charge in [-0.2, -0.15) is 0 Å². The Balaban J connectivity index is 2.52. The zero-order valence-electron chi connectivity index (χ0n) is 7.14. The lowest BCUT2D eigenvalue weighted by Crippen LogP contribution is -2.15. The van der Waals surface area contributed by atoms with Crippen LogP contribution in [0, 0.1) is 18.3 Å². The highest BCUT2D eigenvalue weighted by atomic mass is 14.7. The maximum atomic E-state index is 5.33. The fraction of sp³-hybridized carbons (Fsp3) is 0.700. The minimum Gasteiger partial charge on any atom is -0.284 e. The molecule has 1 rings (SSSR count). The van der Waals surface area contributed by atoms with Gasteiger partial charge in [0.15, 0.2) is 0 Å². The summed E-state index contributed by atoms with van der Waals surface area (Å²) in [6.45, 7) is 0. The van der Waals surface area contributed by atoms with Gasteiger partial charge < -0.3 is 0 Å². The Labute approximate surface area is 68.9 Å². The molecule has 1 aliphatic rings. The van der Waals surface area contributed by atoms with Crippen LogP contribution in [-0.2, 0) is 0 Å². The lowest BCUT2D eigenvalue weighted by molar-refractivity contribution is 0.441. The Kier molecular flexibility index (Phi) is 3.16. The van der Waals surface area contributed by atoms with E-state index in [1.807, 2.05) is 0 Å². The SMILES string of the molecule is C#CC(=NC)C1CCCCC1. The summed E-state index contributed by atoms with van der Waals surface area (Å²) in [5.74, 6) is 3.27. The van der Waals surface area contributed by atoms with Crippen molar-refractivity contribution < 1.29 is 0 Å². The van der Waals surface area contributed by atoms with Gasteiger partial charge in [0.05, 0.1) is 5.71 Å². The summed E-state index contributed by atoms with van der Waals surface area (Å²) in [4.78, 5) is 4.11. The third kappa shape index (κ3) is 2.08. The van der Waals surface area contributed by atoms with Crippen LogP contribution in [0.25, 0.3) is 0 Å². The Hall–Kier alpha value is -0.770. The zero-order chi connectivity index (χ0) is 8.10. The lowest BCUT2D eigenvalue weighted by atomic mass is 9.86. The quantitative estimate of drug-likeness (QED) is 0.400. The Morgan fingerprint density at radius 3 is 2.45 bits per heavy atom. The number of nitrogens with zero attached hydrogens (tertiary/aromatic N) is 1. The second-order valence-electron chi connectivity index (χ2n) is 3.09. The van der Waals surface area contributed by atoms with Crippen molar-refractivity contribution >= 4 is 5.71 Å². The predicted octanol–water partition coefficient (Wildman–Crippen LogP) is 2.27. The van der Waals surface area contributed by atoms with E-state index in [0.29, 0.717) is 5.92 Å². The number of terminal acetylenes is 1. The van der Waals surface area contributed by atoms with E-state index < -0.39 is 0 Å². The third-order valence-corrected chi connectivity index (χ3v) is 2.38. The highest BCUT2D eigenvalue weighted by Gasteiger charge is 2.16. The monoisotopic (exact) mass is 149 g/mol. The summed E-state index contributed by atoms with van der Waals surface area (Å²) >= 11 is 0. The van der Waals surface area contributed by atoms with Gasteiger partial charge in [0.25, 0.3) is 0 Å².